The molecule has 0 aliphatic rings. The van der Waals surface area contributed by atoms with Gasteiger partial charge in [0, 0.05) is 33.1 Å². The van der Waals surface area contributed by atoms with Gasteiger partial charge in [-0.1, -0.05) is 19.4 Å². The van der Waals surface area contributed by atoms with Crippen molar-refractivity contribution in [1.29, 1.82) is 0 Å². The Labute approximate surface area is 100 Å². The highest BCUT2D eigenvalue weighted by molar-refractivity contribution is 6.60. The van der Waals surface area contributed by atoms with Crippen molar-refractivity contribution in [2.75, 3.05) is 21.3 Å². The monoisotopic (exact) mass is 247 g/mol. The lowest BCUT2D eigenvalue weighted by Gasteiger charge is -2.24. The molecule has 16 heavy (non-hydrogen) atoms. The molecule has 0 radical (unpaired) electrons. The van der Waals surface area contributed by atoms with Gasteiger partial charge in [0.05, 0.1) is 0 Å². The van der Waals surface area contributed by atoms with Crippen molar-refractivity contribution >= 4 is 8.80 Å². The lowest BCUT2D eigenvalue weighted by Crippen LogP contribution is -2.42. The third-order valence-electron chi connectivity index (χ3n) is 3.01. The number of hydrogen-bond donors (Lipinski definition) is 1. The molecule has 4 nitrogen and oxygen atoms in total. The second-order valence-electron chi connectivity index (χ2n) is 4.16. The molecule has 5 heteroatoms. The van der Waals surface area contributed by atoms with E-state index in [4.69, 9.17) is 19.0 Å². The molecule has 0 fully saturated rings. The topological polar surface area (TPSA) is 53.7 Å². The van der Waals surface area contributed by atoms with Crippen LogP contribution < -0.4 is 5.73 Å². The van der Waals surface area contributed by atoms with Crippen LogP contribution in [0, 0.1) is 5.92 Å². The standard InChI is InChI=1S/C11H25NO3Si/c1-9(2)10(3)11(12)7-8-16(13-4,14-5)15-6/h9H,7-8,12H2,1-6H3. The van der Waals surface area contributed by atoms with Crippen molar-refractivity contribution in [3.05, 3.63) is 11.3 Å². The molecule has 0 saturated carbocycles. The van der Waals surface area contributed by atoms with E-state index in [9.17, 15) is 0 Å². The van der Waals surface area contributed by atoms with Crippen LogP contribution in [0.3, 0.4) is 0 Å². The van der Waals surface area contributed by atoms with Crippen molar-refractivity contribution < 1.29 is 13.3 Å². The molecule has 0 rings (SSSR count). The van der Waals surface area contributed by atoms with Crippen molar-refractivity contribution in [2.24, 2.45) is 11.7 Å². The van der Waals surface area contributed by atoms with E-state index in [1.807, 2.05) is 0 Å². The van der Waals surface area contributed by atoms with Crippen molar-refractivity contribution in [3.8, 4) is 0 Å². The molecular weight excluding hydrogens is 222 g/mol. The molecular formula is C11H25NO3Si. The molecule has 0 aromatic carbocycles. The average Bonchev–Trinajstić information content (AvgIpc) is 2.30. The number of nitrogens with two attached hydrogens (primary N) is 1. The highest BCUT2D eigenvalue weighted by Gasteiger charge is 2.37. The normalized spacial score (nSPS) is 14.2. The second-order valence-corrected chi connectivity index (χ2v) is 7.25. The third kappa shape index (κ3) is 4.25. The van der Waals surface area contributed by atoms with Crippen molar-refractivity contribution in [1.82, 2.24) is 0 Å². The Morgan fingerprint density at radius 3 is 1.88 bits per heavy atom. The van der Waals surface area contributed by atoms with Gasteiger partial charge in [-0.3, -0.25) is 0 Å². The van der Waals surface area contributed by atoms with E-state index in [1.165, 1.54) is 5.57 Å². The van der Waals surface area contributed by atoms with Gasteiger partial charge in [0.2, 0.25) is 0 Å². The minimum atomic E-state index is -2.47. The van der Waals surface area contributed by atoms with Crippen LogP contribution in [0.1, 0.15) is 27.2 Å². The van der Waals surface area contributed by atoms with Crippen LogP contribution in [-0.4, -0.2) is 30.1 Å². The summed E-state index contributed by atoms with van der Waals surface area (Å²) in [6, 6.07) is 0.715. The molecule has 0 unspecified atom stereocenters. The fraction of sp³-hybridized carbons (Fsp3) is 0.818. The van der Waals surface area contributed by atoms with Crippen LogP contribution in [0.5, 0.6) is 0 Å². The lowest BCUT2D eigenvalue weighted by molar-refractivity contribution is 0.123. The van der Waals surface area contributed by atoms with E-state index in [2.05, 4.69) is 20.8 Å². The summed E-state index contributed by atoms with van der Waals surface area (Å²) in [6.07, 6.45) is 0.756. The maximum Gasteiger partial charge on any atom is 0.500 e. The number of rotatable bonds is 7. The maximum atomic E-state index is 6.02. The molecule has 0 saturated heterocycles. The van der Waals surface area contributed by atoms with Crippen LogP contribution in [0.15, 0.2) is 11.3 Å². The molecule has 0 aromatic rings. The minimum absolute atomic E-state index is 0.476. The van der Waals surface area contributed by atoms with Crippen LogP contribution in [0.25, 0.3) is 0 Å². The van der Waals surface area contributed by atoms with Gasteiger partial charge in [-0.2, -0.15) is 0 Å². The molecule has 0 spiro atoms. The number of allylic oxidation sites excluding steroid dienone is 2. The zero-order chi connectivity index (χ0) is 12.8. The molecule has 0 amide bonds. The van der Waals surface area contributed by atoms with Crippen molar-refractivity contribution in [3.63, 3.8) is 0 Å². The van der Waals surface area contributed by atoms with Crippen LogP contribution in [0.2, 0.25) is 6.04 Å². The Bertz CT molecular complexity index is 229. The Balaban J connectivity index is 4.48. The summed E-state index contributed by atoms with van der Waals surface area (Å²) < 4.78 is 16.0. The van der Waals surface area contributed by atoms with Crippen molar-refractivity contribution in [2.45, 2.75) is 33.2 Å². The van der Waals surface area contributed by atoms with Gasteiger partial charge in [0.15, 0.2) is 0 Å². The Kier molecular flexibility index (Phi) is 6.90. The first-order valence-electron chi connectivity index (χ1n) is 5.53. The van der Waals surface area contributed by atoms with E-state index >= 15 is 0 Å². The van der Waals surface area contributed by atoms with E-state index in [1.54, 1.807) is 21.3 Å². The summed E-state index contributed by atoms with van der Waals surface area (Å²) in [7, 11) is 2.38. The highest BCUT2D eigenvalue weighted by Crippen LogP contribution is 2.20. The van der Waals surface area contributed by atoms with Gasteiger partial charge in [0.25, 0.3) is 0 Å². The quantitative estimate of drug-likeness (QED) is 0.700. The summed E-state index contributed by atoms with van der Waals surface area (Å²) in [4.78, 5) is 0. The predicted molar refractivity (Wildman–Crippen MR) is 67.9 cm³/mol. The van der Waals surface area contributed by atoms with Crippen LogP contribution >= 0.6 is 0 Å². The Morgan fingerprint density at radius 1 is 1.12 bits per heavy atom. The zero-order valence-electron chi connectivity index (χ0n) is 11.3. The fourth-order valence-electron chi connectivity index (χ4n) is 1.41. The molecule has 2 N–H and O–H groups in total. The Morgan fingerprint density at radius 2 is 1.56 bits per heavy atom. The summed E-state index contributed by atoms with van der Waals surface area (Å²) in [5.41, 5.74) is 8.17. The van der Waals surface area contributed by atoms with E-state index in [0.29, 0.717) is 12.0 Å². The predicted octanol–water partition coefficient (Wildman–Crippen LogP) is 2.14. The Hall–Kier alpha value is -0.363. The summed E-state index contributed by atoms with van der Waals surface area (Å²) in [6.45, 7) is 6.33. The smallest absolute Gasteiger partial charge is 0.402 e. The van der Waals surface area contributed by atoms with Gasteiger partial charge in [-0.15, -0.1) is 0 Å². The van der Waals surface area contributed by atoms with Gasteiger partial charge in [0.1, 0.15) is 0 Å². The lowest BCUT2D eigenvalue weighted by atomic mass is 10.0. The maximum absolute atomic E-state index is 6.02. The highest BCUT2D eigenvalue weighted by atomic mass is 28.4. The van der Waals surface area contributed by atoms with Crippen LogP contribution in [0.4, 0.5) is 0 Å². The largest absolute Gasteiger partial charge is 0.500 e. The van der Waals surface area contributed by atoms with Gasteiger partial charge in [-0.05, 0) is 19.3 Å². The first-order chi connectivity index (χ1) is 7.42. The molecule has 0 aromatic heterocycles. The molecule has 0 bridgehead atoms. The van der Waals surface area contributed by atoms with E-state index in [-0.39, 0.29) is 0 Å². The third-order valence-corrected chi connectivity index (χ3v) is 5.73. The number of hydrogen-bond acceptors (Lipinski definition) is 4. The summed E-state index contributed by atoms with van der Waals surface area (Å²) in [5, 5.41) is 0. The minimum Gasteiger partial charge on any atom is -0.402 e. The van der Waals surface area contributed by atoms with E-state index in [0.717, 1.165) is 12.1 Å². The average molecular weight is 247 g/mol. The zero-order valence-corrected chi connectivity index (χ0v) is 12.3. The summed E-state index contributed by atoms with van der Waals surface area (Å²) >= 11 is 0. The fourth-order valence-corrected chi connectivity index (χ4v) is 3.10. The first-order valence-corrected chi connectivity index (χ1v) is 7.46. The van der Waals surface area contributed by atoms with Gasteiger partial charge < -0.3 is 19.0 Å². The van der Waals surface area contributed by atoms with Gasteiger partial charge >= 0.3 is 8.80 Å². The SMILES string of the molecule is CO[Si](CCC(N)=C(C)C(C)C)(OC)OC. The molecule has 0 heterocycles. The molecule has 0 atom stereocenters. The van der Waals surface area contributed by atoms with Crippen LogP contribution in [-0.2, 0) is 13.3 Å². The molecule has 0 aliphatic carbocycles. The molecule has 0 aliphatic heterocycles. The summed E-state index contributed by atoms with van der Waals surface area (Å²) in [5.74, 6) is 0.476. The first kappa shape index (κ1) is 15.6. The molecule has 96 valence electrons. The van der Waals surface area contributed by atoms with Gasteiger partial charge in [-0.25, -0.2) is 0 Å². The second kappa shape index (κ2) is 7.06. The van der Waals surface area contributed by atoms with E-state index < -0.39 is 8.80 Å².